The Morgan fingerprint density at radius 2 is 1.44 bits per heavy atom. The number of phenols is 1. The fourth-order valence-electron chi connectivity index (χ4n) is 8.23. The second kappa shape index (κ2) is 10.4. The number of carbonyl (C=O) groups excluding carboxylic acids is 2. The summed E-state index contributed by atoms with van der Waals surface area (Å²) in [5.74, 6) is -7.59. The van der Waals surface area contributed by atoms with E-state index in [0.717, 1.165) is 0 Å². The maximum absolute atomic E-state index is 14.6. The number of likely N-dealkylation sites (N-methyl/N-ethyl adjacent to an activating group) is 1. The van der Waals surface area contributed by atoms with Crippen LogP contribution in [0.3, 0.4) is 0 Å². The van der Waals surface area contributed by atoms with Crippen LogP contribution < -0.4 is 24.7 Å². The maximum atomic E-state index is 14.6. The van der Waals surface area contributed by atoms with E-state index in [0.29, 0.717) is 50.8 Å². The molecule has 1 amide bonds. The number of Topliss-reactive ketones (excluding diaryl/α,β-unsaturated/α-hetero) is 1. The van der Waals surface area contributed by atoms with Crippen LogP contribution in [0.5, 0.6) is 28.7 Å². The first kappa shape index (κ1) is 30.1. The molecular formula is C35H32N2O11. The Kier molecular flexibility index (Phi) is 6.51. The van der Waals surface area contributed by atoms with Crippen molar-refractivity contribution in [1.82, 2.24) is 4.90 Å². The molecule has 13 nitrogen and oxygen atoms in total. The number of primary amides is 1. The molecule has 5 aliphatic rings. The average molecular weight is 657 g/mol. The molecule has 248 valence electrons. The highest BCUT2D eigenvalue weighted by Gasteiger charge is 2.60. The van der Waals surface area contributed by atoms with Crippen molar-refractivity contribution in [2.45, 2.75) is 24.7 Å². The first-order valence-electron chi connectivity index (χ1n) is 15.4. The number of phenolic OH excluding ortho intramolecular Hbond substituents is 1. The number of ketones is 1. The van der Waals surface area contributed by atoms with Gasteiger partial charge in [0.05, 0.1) is 17.5 Å². The molecule has 7 N–H and O–H groups in total. The molecular weight excluding hydrogens is 624 g/mol. The van der Waals surface area contributed by atoms with Crippen LogP contribution in [0.25, 0.3) is 22.3 Å². The second-order valence-electron chi connectivity index (χ2n) is 13.0. The Morgan fingerprint density at radius 3 is 2.02 bits per heavy atom. The summed E-state index contributed by atoms with van der Waals surface area (Å²) in [5.41, 5.74) is 7.18. The van der Waals surface area contributed by atoms with Crippen LogP contribution in [0.15, 0.2) is 65.1 Å². The minimum atomic E-state index is -3.08. The zero-order valence-electron chi connectivity index (χ0n) is 25.9. The van der Waals surface area contributed by atoms with E-state index in [4.69, 9.17) is 24.7 Å². The zero-order valence-corrected chi connectivity index (χ0v) is 25.9. The Bertz CT molecular complexity index is 2010. The third-order valence-electron chi connectivity index (χ3n) is 10.2. The average Bonchev–Trinajstić information content (AvgIpc) is 3.69. The Labute approximate surface area is 273 Å². The summed E-state index contributed by atoms with van der Waals surface area (Å²) in [6.07, 6.45) is 0.307. The third kappa shape index (κ3) is 4.14. The van der Waals surface area contributed by atoms with Gasteiger partial charge in [-0.15, -0.1) is 0 Å². The number of nitrogens with zero attached hydrogens (tertiary/aromatic N) is 1. The van der Waals surface area contributed by atoms with E-state index in [9.17, 15) is 35.1 Å². The Morgan fingerprint density at radius 1 is 0.854 bits per heavy atom. The highest BCUT2D eigenvalue weighted by atomic mass is 16.7. The zero-order chi connectivity index (χ0) is 33.8. The largest absolute Gasteiger partial charge is 0.511 e. The molecule has 4 atom stereocenters. The summed E-state index contributed by atoms with van der Waals surface area (Å²) in [6, 6.07) is 11.4. The number of nitrogens with two attached hydrogens (primary N) is 1. The van der Waals surface area contributed by atoms with Crippen LogP contribution in [-0.2, 0) is 11.2 Å². The molecule has 3 aliphatic carbocycles. The summed E-state index contributed by atoms with van der Waals surface area (Å²) >= 11 is 0. The minimum Gasteiger partial charge on any atom is -0.511 e. The van der Waals surface area contributed by atoms with Crippen LogP contribution >= 0.6 is 0 Å². The number of hydrogen-bond donors (Lipinski definition) is 6. The van der Waals surface area contributed by atoms with E-state index < -0.39 is 58.4 Å². The van der Waals surface area contributed by atoms with Gasteiger partial charge in [0, 0.05) is 11.1 Å². The summed E-state index contributed by atoms with van der Waals surface area (Å²) in [4.78, 5) is 28.6. The van der Waals surface area contributed by atoms with E-state index >= 15 is 0 Å². The van der Waals surface area contributed by atoms with Gasteiger partial charge in [0.15, 0.2) is 28.8 Å². The standard InChI is InChI=1S/C35H32N2O11/c1-37(2)29-20-8-16-7-19-17(14-3-5-21-23(9-14)47-12-45-21)11-18(15-4-6-22-24(10-15)48-13-46-22)30(38)26(19)31(39)25(16)32(40)27(20)35(43,44)28(33(29)41)34(36)42/h3-6,9-11,16,20,27,29,38,40-41,43-44H,7-8,12-13H2,1-2H3,(H2,36,42)/t16?,20?,27?,29-/m0/s1. The number of aliphatic hydroxyl groups is 4. The summed E-state index contributed by atoms with van der Waals surface area (Å²) < 4.78 is 22.2. The lowest BCUT2D eigenvalue weighted by molar-refractivity contribution is -0.200. The predicted octanol–water partition coefficient (Wildman–Crippen LogP) is 2.91. The maximum Gasteiger partial charge on any atom is 0.253 e. The highest BCUT2D eigenvalue weighted by molar-refractivity contribution is 6.15. The van der Waals surface area contributed by atoms with Gasteiger partial charge in [-0.1, -0.05) is 12.1 Å². The van der Waals surface area contributed by atoms with Gasteiger partial charge >= 0.3 is 0 Å². The lowest BCUT2D eigenvalue weighted by Gasteiger charge is -2.51. The molecule has 13 heteroatoms. The van der Waals surface area contributed by atoms with E-state index in [2.05, 4.69) is 0 Å². The van der Waals surface area contributed by atoms with Crippen LogP contribution in [0.4, 0.5) is 0 Å². The van der Waals surface area contributed by atoms with Crippen molar-refractivity contribution in [3.63, 3.8) is 0 Å². The molecule has 48 heavy (non-hydrogen) atoms. The van der Waals surface area contributed by atoms with Gasteiger partial charge < -0.3 is 50.2 Å². The minimum absolute atomic E-state index is 0.0448. The van der Waals surface area contributed by atoms with Gasteiger partial charge in [0.25, 0.3) is 5.91 Å². The SMILES string of the molecule is CN(C)[C@@H]1C(O)=C(C(N)=O)C(O)(O)C2C(O)=C3C(=O)c4c(O)c(-c5ccc6c(c5)OCO6)cc(-c5ccc6c(c5)OCO6)c4CC3CC21. The number of rotatable bonds is 4. The van der Waals surface area contributed by atoms with Crippen molar-refractivity contribution in [3.05, 3.63) is 76.3 Å². The number of carbonyl (C=O) groups is 2. The van der Waals surface area contributed by atoms with Gasteiger partial charge in [0.1, 0.15) is 22.8 Å². The predicted molar refractivity (Wildman–Crippen MR) is 167 cm³/mol. The van der Waals surface area contributed by atoms with E-state index in [1.165, 1.54) is 0 Å². The number of amides is 1. The second-order valence-corrected chi connectivity index (χ2v) is 13.0. The molecule has 3 aromatic carbocycles. The number of aliphatic hydroxyl groups excluding tert-OH is 2. The summed E-state index contributed by atoms with van der Waals surface area (Å²) in [6.45, 7) is 0.109. The number of aromatic hydroxyl groups is 1. The number of benzene rings is 3. The molecule has 3 unspecified atom stereocenters. The Balaban J connectivity index is 1.34. The highest BCUT2D eigenvalue weighted by Crippen LogP contribution is 2.56. The lowest BCUT2D eigenvalue weighted by Crippen LogP contribution is -2.60. The van der Waals surface area contributed by atoms with Crippen molar-refractivity contribution in [2.24, 2.45) is 23.5 Å². The molecule has 0 bridgehead atoms. The molecule has 3 aromatic rings. The first-order chi connectivity index (χ1) is 22.9. The number of fused-ring (bicyclic) bond motifs is 5. The van der Waals surface area contributed by atoms with E-state index in [1.807, 2.05) is 6.07 Å². The fraction of sp³-hybridized carbons (Fsp3) is 0.314. The quantitative estimate of drug-likeness (QED) is 0.225. The van der Waals surface area contributed by atoms with Crippen molar-refractivity contribution in [1.29, 1.82) is 0 Å². The lowest BCUT2D eigenvalue weighted by atomic mass is 9.59. The van der Waals surface area contributed by atoms with Crippen molar-refractivity contribution < 1.29 is 54.1 Å². The molecule has 0 fully saturated rings. The van der Waals surface area contributed by atoms with Gasteiger partial charge in [-0.2, -0.15) is 0 Å². The van der Waals surface area contributed by atoms with E-state index in [-0.39, 0.29) is 43.3 Å². The number of ether oxygens (including phenoxy) is 4. The van der Waals surface area contributed by atoms with Gasteiger partial charge in [0.2, 0.25) is 19.4 Å². The molecule has 2 heterocycles. The van der Waals surface area contributed by atoms with Crippen molar-refractivity contribution >= 4 is 11.7 Å². The van der Waals surface area contributed by atoms with E-state index in [1.54, 1.807) is 55.4 Å². The van der Waals surface area contributed by atoms with Gasteiger partial charge in [-0.25, -0.2) is 0 Å². The topological polar surface area (TPSA) is 201 Å². The summed E-state index contributed by atoms with van der Waals surface area (Å²) in [7, 11) is 3.28. The third-order valence-corrected chi connectivity index (χ3v) is 10.2. The smallest absolute Gasteiger partial charge is 0.253 e. The van der Waals surface area contributed by atoms with Gasteiger partial charge in [-0.05, 0) is 91.4 Å². The molecule has 8 rings (SSSR count). The molecule has 0 spiro atoms. The molecule has 2 aliphatic heterocycles. The Hall–Kier alpha value is -5.24. The molecule has 0 aromatic heterocycles. The molecule has 0 radical (unpaired) electrons. The van der Waals surface area contributed by atoms with Gasteiger partial charge in [-0.3, -0.25) is 14.5 Å². The number of hydrogen-bond acceptors (Lipinski definition) is 12. The van der Waals surface area contributed by atoms with Crippen LogP contribution in [-0.4, -0.2) is 81.6 Å². The van der Waals surface area contributed by atoms with Crippen LogP contribution in [0.2, 0.25) is 0 Å². The van der Waals surface area contributed by atoms with Crippen molar-refractivity contribution in [3.8, 4) is 51.0 Å². The fourth-order valence-corrected chi connectivity index (χ4v) is 8.23. The molecule has 0 saturated heterocycles. The first-order valence-corrected chi connectivity index (χ1v) is 15.4. The van der Waals surface area contributed by atoms with Crippen molar-refractivity contribution in [2.75, 3.05) is 27.7 Å². The normalized spacial score (nSPS) is 24.8. The summed E-state index contributed by atoms with van der Waals surface area (Å²) in [5, 5.41) is 57.4. The monoisotopic (exact) mass is 656 g/mol. The van der Waals surface area contributed by atoms with Crippen LogP contribution in [0.1, 0.15) is 22.3 Å². The number of allylic oxidation sites excluding steroid dienone is 1. The molecule has 0 saturated carbocycles. The van der Waals surface area contributed by atoms with Crippen LogP contribution in [0, 0.1) is 17.8 Å².